The molecule has 0 aliphatic carbocycles. The molecule has 0 N–H and O–H groups in total. The molecule has 3 heteroatoms. The highest BCUT2D eigenvalue weighted by molar-refractivity contribution is 6.30. The van der Waals surface area contributed by atoms with Gasteiger partial charge < -0.3 is 9.80 Å². The lowest BCUT2D eigenvalue weighted by atomic mass is 10.1. The standard InChI is InChI=1S/C19H25ClN2/c1-21(2)14-17-5-4-6-18(13-17)15-22(3)12-11-16-7-9-19(20)10-8-16/h4-10,13H,11-12,14-15H2,1-3H3. The third-order valence-corrected chi connectivity index (χ3v) is 3.89. The fourth-order valence-corrected chi connectivity index (χ4v) is 2.68. The lowest BCUT2D eigenvalue weighted by Gasteiger charge is -2.18. The molecule has 0 amide bonds. The van der Waals surface area contributed by atoms with Crippen LogP contribution in [0.2, 0.25) is 5.02 Å². The van der Waals surface area contributed by atoms with Crippen LogP contribution >= 0.6 is 11.6 Å². The van der Waals surface area contributed by atoms with Crippen LogP contribution in [0, 0.1) is 0 Å². The van der Waals surface area contributed by atoms with Gasteiger partial charge in [-0.1, -0.05) is 48.0 Å². The molecule has 2 aromatic carbocycles. The molecule has 0 atom stereocenters. The molecular weight excluding hydrogens is 292 g/mol. The Morgan fingerprint density at radius 3 is 2.09 bits per heavy atom. The van der Waals surface area contributed by atoms with Crippen LogP contribution in [0.5, 0.6) is 0 Å². The lowest BCUT2D eigenvalue weighted by Crippen LogP contribution is -2.21. The van der Waals surface area contributed by atoms with Gasteiger partial charge in [-0.2, -0.15) is 0 Å². The molecule has 22 heavy (non-hydrogen) atoms. The molecule has 0 aliphatic heterocycles. The van der Waals surface area contributed by atoms with Crippen molar-refractivity contribution in [2.24, 2.45) is 0 Å². The fourth-order valence-electron chi connectivity index (χ4n) is 2.55. The van der Waals surface area contributed by atoms with Gasteiger partial charge in [-0.15, -0.1) is 0 Å². The lowest BCUT2D eigenvalue weighted by molar-refractivity contribution is 0.330. The SMILES string of the molecule is CN(C)Cc1cccc(CN(C)CCc2ccc(Cl)cc2)c1. The molecule has 2 aromatic rings. The van der Waals surface area contributed by atoms with Crippen LogP contribution in [0.25, 0.3) is 0 Å². The molecular formula is C19H25ClN2. The summed E-state index contributed by atoms with van der Waals surface area (Å²) in [7, 11) is 6.38. The first-order valence-corrected chi connectivity index (χ1v) is 8.06. The van der Waals surface area contributed by atoms with Crippen molar-refractivity contribution in [1.29, 1.82) is 0 Å². The average Bonchev–Trinajstić information content (AvgIpc) is 2.46. The second-order valence-corrected chi connectivity index (χ2v) is 6.61. The molecule has 0 spiro atoms. The van der Waals surface area contributed by atoms with Gasteiger partial charge in [-0.05, 0) is 56.4 Å². The molecule has 0 radical (unpaired) electrons. The molecule has 0 unspecified atom stereocenters. The van der Waals surface area contributed by atoms with E-state index in [0.29, 0.717) is 0 Å². The van der Waals surface area contributed by atoms with Gasteiger partial charge in [-0.25, -0.2) is 0 Å². The molecule has 0 fully saturated rings. The Morgan fingerprint density at radius 1 is 0.818 bits per heavy atom. The maximum absolute atomic E-state index is 5.92. The van der Waals surface area contributed by atoms with E-state index in [-0.39, 0.29) is 0 Å². The third-order valence-electron chi connectivity index (χ3n) is 3.64. The van der Waals surface area contributed by atoms with E-state index in [0.717, 1.165) is 31.1 Å². The number of halogens is 1. The number of rotatable bonds is 7. The van der Waals surface area contributed by atoms with Gasteiger partial charge in [0.2, 0.25) is 0 Å². The van der Waals surface area contributed by atoms with Crippen LogP contribution in [0.4, 0.5) is 0 Å². The van der Waals surface area contributed by atoms with Crippen LogP contribution in [0.3, 0.4) is 0 Å². The van der Waals surface area contributed by atoms with Crippen molar-refractivity contribution in [3.05, 3.63) is 70.2 Å². The van der Waals surface area contributed by atoms with Crippen molar-refractivity contribution >= 4 is 11.6 Å². The largest absolute Gasteiger partial charge is 0.305 e. The van der Waals surface area contributed by atoms with Crippen molar-refractivity contribution in [1.82, 2.24) is 9.80 Å². The van der Waals surface area contributed by atoms with Crippen LogP contribution < -0.4 is 0 Å². The minimum atomic E-state index is 0.801. The van der Waals surface area contributed by atoms with Gasteiger partial charge in [-0.3, -0.25) is 0 Å². The number of hydrogen-bond donors (Lipinski definition) is 0. The van der Waals surface area contributed by atoms with Crippen molar-refractivity contribution in [3.8, 4) is 0 Å². The minimum absolute atomic E-state index is 0.801. The predicted molar refractivity (Wildman–Crippen MR) is 95.3 cm³/mol. The molecule has 0 saturated heterocycles. The third kappa shape index (κ3) is 5.80. The highest BCUT2D eigenvalue weighted by Gasteiger charge is 2.03. The van der Waals surface area contributed by atoms with Crippen molar-refractivity contribution in [2.45, 2.75) is 19.5 Å². The highest BCUT2D eigenvalue weighted by Crippen LogP contribution is 2.12. The zero-order valence-electron chi connectivity index (χ0n) is 13.7. The second-order valence-electron chi connectivity index (χ2n) is 6.17. The van der Waals surface area contributed by atoms with E-state index >= 15 is 0 Å². The van der Waals surface area contributed by atoms with Crippen molar-refractivity contribution in [2.75, 3.05) is 27.7 Å². The summed E-state index contributed by atoms with van der Waals surface area (Å²) in [6.45, 7) is 3.01. The first kappa shape index (κ1) is 17.0. The zero-order valence-corrected chi connectivity index (χ0v) is 14.5. The maximum atomic E-state index is 5.92. The van der Waals surface area contributed by atoms with Gasteiger partial charge in [0, 0.05) is 24.7 Å². The van der Waals surface area contributed by atoms with Gasteiger partial charge in [0.25, 0.3) is 0 Å². The fraction of sp³-hybridized carbons (Fsp3) is 0.368. The number of nitrogens with zero attached hydrogens (tertiary/aromatic N) is 2. The molecule has 0 aromatic heterocycles. The number of hydrogen-bond acceptors (Lipinski definition) is 2. The predicted octanol–water partition coefficient (Wildman–Crippen LogP) is 4.08. The Morgan fingerprint density at radius 2 is 1.45 bits per heavy atom. The number of benzene rings is 2. The Balaban J connectivity index is 1.86. The summed E-state index contributed by atoms with van der Waals surface area (Å²) in [6.07, 6.45) is 1.05. The summed E-state index contributed by atoms with van der Waals surface area (Å²) in [4.78, 5) is 4.56. The van der Waals surface area contributed by atoms with Crippen molar-refractivity contribution < 1.29 is 0 Å². The summed E-state index contributed by atoms with van der Waals surface area (Å²) in [5, 5.41) is 0.801. The normalized spacial score (nSPS) is 11.4. The Labute approximate surface area is 139 Å². The van der Waals surface area contributed by atoms with E-state index in [1.54, 1.807) is 0 Å². The molecule has 0 saturated carbocycles. The van der Waals surface area contributed by atoms with Crippen LogP contribution in [0.1, 0.15) is 16.7 Å². The molecule has 0 aliphatic rings. The van der Waals surface area contributed by atoms with Crippen LogP contribution in [-0.2, 0) is 19.5 Å². The average molecular weight is 317 g/mol. The van der Waals surface area contributed by atoms with E-state index in [9.17, 15) is 0 Å². The quantitative estimate of drug-likeness (QED) is 0.759. The molecule has 118 valence electrons. The van der Waals surface area contributed by atoms with E-state index in [1.807, 2.05) is 12.1 Å². The van der Waals surface area contributed by atoms with Crippen LogP contribution in [-0.4, -0.2) is 37.5 Å². The second kappa shape index (κ2) is 8.33. The molecule has 0 heterocycles. The minimum Gasteiger partial charge on any atom is -0.305 e. The maximum Gasteiger partial charge on any atom is 0.0406 e. The molecule has 2 nitrogen and oxygen atoms in total. The van der Waals surface area contributed by atoms with Gasteiger partial charge in [0.05, 0.1) is 0 Å². The van der Waals surface area contributed by atoms with E-state index < -0.39 is 0 Å². The van der Waals surface area contributed by atoms with Gasteiger partial charge in [0.1, 0.15) is 0 Å². The first-order valence-electron chi connectivity index (χ1n) is 7.68. The molecule has 0 bridgehead atoms. The Hall–Kier alpha value is -1.35. The van der Waals surface area contributed by atoms with E-state index in [1.165, 1.54) is 16.7 Å². The Kier molecular flexibility index (Phi) is 6.44. The van der Waals surface area contributed by atoms with E-state index in [2.05, 4.69) is 67.3 Å². The summed E-state index contributed by atoms with van der Waals surface area (Å²) in [6, 6.07) is 17.0. The number of likely N-dealkylation sites (N-methyl/N-ethyl adjacent to an activating group) is 1. The summed E-state index contributed by atoms with van der Waals surface area (Å²) >= 11 is 5.92. The highest BCUT2D eigenvalue weighted by atomic mass is 35.5. The summed E-state index contributed by atoms with van der Waals surface area (Å²) < 4.78 is 0. The van der Waals surface area contributed by atoms with E-state index in [4.69, 9.17) is 11.6 Å². The van der Waals surface area contributed by atoms with Crippen molar-refractivity contribution in [3.63, 3.8) is 0 Å². The summed E-state index contributed by atoms with van der Waals surface area (Å²) in [5.74, 6) is 0. The first-order chi connectivity index (χ1) is 10.5. The van der Waals surface area contributed by atoms with Gasteiger partial charge >= 0.3 is 0 Å². The monoisotopic (exact) mass is 316 g/mol. The zero-order chi connectivity index (χ0) is 15.9. The van der Waals surface area contributed by atoms with Gasteiger partial charge in [0.15, 0.2) is 0 Å². The molecule has 2 rings (SSSR count). The Bertz CT molecular complexity index is 578. The summed E-state index contributed by atoms with van der Waals surface area (Å²) in [5.41, 5.74) is 4.07. The van der Waals surface area contributed by atoms with Crippen LogP contribution in [0.15, 0.2) is 48.5 Å². The topological polar surface area (TPSA) is 6.48 Å². The smallest absolute Gasteiger partial charge is 0.0406 e.